The first-order chi connectivity index (χ1) is 7.79. The number of esters is 1. The van der Waals surface area contributed by atoms with Crippen LogP contribution < -0.4 is 0 Å². The van der Waals surface area contributed by atoms with Crippen LogP contribution >= 0.6 is 11.3 Å². The topological polar surface area (TPSA) is 52.3 Å². The molecule has 0 radical (unpaired) electrons. The van der Waals surface area contributed by atoms with Gasteiger partial charge in [0.05, 0.1) is 23.6 Å². The van der Waals surface area contributed by atoms with Crippen LogP contribution in [0.15, 0.2) is 28.2 Å². The standard InChI is InChI=1S/C11H11NO3S/c1-2-14-10(13)6-8-7-15-11(12-8)9-4-3-5-16-9/h3-5,7H,2,6H2,1H3. The molecule has 0 saturated carbocycles. The fraction of sp³-hybridized carbons (Fsp3) is 0.273. The molecule has 0 saturated heterocycles. The van der Waals surface area contributed by atoms with Crippen molar-refractivity contribution < 1.29 is 13.9 Å². The van der Waals surface area contributed by atoms with E-state index in [-0.39, 0.29) is 12.4 Å². The van der Waals surface area contributed by atoms with Crippen molar-refractivity contribution in [3.8, 4) is 10.8 Å². The third-order valence-electron chi connectivity index (χ3n) is 1.91. The van der Waals surface area contributed by atoms with Crippen LogP contribution in [0.25, 0.3) is 10.8 Å². The summed E-state index contributed by atoms with van der Waals surface area (Å²) >= 11 is 1.55. The minimum absolute atomic E-state index is 0.155. The molecular weight excluding hydrogens is 226 g/mol. The largest absolute Gasteiger partial charge is 0.466 e. The predicted octanol–water partition coefficient (Wildman–Crippen LogP) is 2.51. The van der Waals surface area contributed by atoms with E-state index in [1.165, 1.54) is 6.26 Å². The summed E-state index contributed by atoms with van der Waals surface area (Å²) in [5, 5.41) is 1.95. The van der Waals surface area contributed by atoms with Crippen molar-refractivity contribution in [2.45, 2.75) is 13.3 Å². The fourth-order valence-corrected chi connectivity index (χ4v) is 1.92. The van der Waals surface area contributed by atoms with Crippen LogP contribution in [0.1, 0.15) is 12.6 Å². The van der Waals surface area contributed by atoms with Crippen molar-refractivity contribution in [3.05, 3.63) is 29.5 Å². The van der Waals surface area contributed by atoms with Crippen LogP contribution in [0.5, 0.6) is 0 Å². The lowest BCUT2D eigenvalue weighted by molar-refractivity contribution is -0.142. The summed E-state index contributed by atoms with van der Waals surface area (Å²) in [5.74, 6) is 0.267. The highest BCUT2D eigenvalue weighted by atomic mass is 32.1. The van der Waals surface area contributed by atoms with Crippen LogP contribution in [0.2, 0.25) is 0 Å². The average Bonchev–Trinajstić information content (AvgIpc) is 2.86. The van der Waals surface area contributed by atoms with Crippen molar-refractivity contribution in [3.63, 3.8) is 0 Å². The van der Waals surface area contributed by atoms with Gasteiger partial charge in [-0.3, -0.25) is 4.79 Å². The first-order valence-electron chi connectivity index (χ1n) is 4.93. The summed E-state index contributed by atoms with van der Waals surface area (Å²) in [6, 6.07) is 3.85. The summed E-state index contributed by atoms with van der Waals surface area (Å²) in [5.41, 5.74) is 0.599. The summed E-state index contributed by atoms with van der Waals surface area (Å²) in [7, 11) is 0. The van der Waals surface area contributed by atoms with Crippen molar-refractivity contribution in [2.24, 2.45) is 0 Å². The molecule has 0 N–H and O–H groups in total. The number of oxazole rings is 1. The predicted molar refractivity (Wildman–Crippen MR) is 60.2 cm³/mol. The Bertz CT molecular complexity index is 461. The van der Waals surface area contributed by atoms with Gasteiger partial charge in [-0.25, -0.2) is 4.98 Å². The number of rotatable bonds is 4. The molecule has 0 unspecified atom stereocenters. The average molecular weight is 237 g/mol. The summed E-state index contributed by atoms with van der Waals surface area (Å²) in [6.45, 7) is 2.16. The molecule has 0 aliphatic rings. The van der Waals surface area contributed by atoms with Gasteiger partial charge in [-0.05, 0) is 18.4 Å². The molecule has 5 heteroatoms. The van der Waals surface area contributed by atoms with Crippen molar-refractivity contribution in [1.29, 1.82) is 0 Å². The zero-order valence-electron chi connectivity index (χ0n) is 8.80. The van der Waals surface area contributed by atoms with Gasteiger partial charge in [0.15, 0.2) is 0 Å². The molecule has 2 heterocycles. The number of aromatic nitrogens is 1. The van der Waals surface area contributed by atoms with E-state index in [1.807, 2.05) is 17.5 Å². The van der Waals surface area contributed by atoms with Gasteiger partial charge in [0.25, 0.3) is 0 Å². The van der Waals surface area contributed by atoms with Crippen LogP contribution in [0, 0.1) is 0 Å². The van der Waals surface area contributed by atoms with E-state index >= 15 is 0 Å². The first kappa shape index (κ1) is 10.9. The number of hydrogen-bond acceptors (Lipinski definition) is 5. The van der Waals surface area contributed by atoms with E-state index in [1.54, 1.807) is 18.3 Å². The quantitative estimate of drug-likeness (QED) is 0.767. The molecule has 0 fully saturated rings. The van der Waals surface area contributed by atoms with Crippen molar-refractivity contribution in [2.75, 3.05) is 6.61 Å². The molecule has 0 aliphatic carbocycles. The monoisotopic (exact) mass is 237 g/mol. The minimum Gasteiger partial charge on any atom is -0.466 e. The van der Waals surface area contributed by atoms with E-state index in [0.717, 1.165) is 4.88 Å². The maximum absolute atomic E-state index is 11.2. The number of hydrogen-bond donors (Lipinski definition) is 0. The van der Waals surface area contributed by atoms with Gasteiger partial charge in [-0.1, -0.05) is 6.07 Å². The van der Waals surface area contributed by atoms with Gasteiger partial charge >= 0.3 is 5.97 Å². The van der Waals surface area contributed by atoms with Crippen LogP contribution in [0.4, 0.5) is 0 Å². The van der Waals surface area contributed by atoms with Gasteiger partial charge in [-0.15, -0.1) is 11.3 Å². The highest BCUT2D eigenvalue weighted by Crippen LogP contribution is 2.23. The van der Waals surface area contributed by atoms with Crippen LogP contribution in [-0.4, -0.2) is 17.6 Å². The zero-order valence-corrected chi connectivity index (χ0v) is 9.62. The maximum Gasteiger partial charge on any atom is 0.311 e. The second-order valence-corrected chi connectivity index (χ2v) is 4.05. The van der Waals surface area contributed by atoms with E-state index in [2.05, 4.69) is 4.98 Å². The van der Waals surface area contributed by atoms with Gasteiger partial charge in [0.1, 0.15) is 6.26 Å². The Morgan fingerprint density at radius 2 is 2.50 bits per heavy atom. The van der Waals surface area contributed by atoms with Crippen molar-refractivity contribution in [1.82, 2.24) is 4.98 Å². The Balaban J connectivity index is 2.06. The molecule has 0 spiro atoms. The van der Waals surface area contributed by atoms with E-state index in [0.29, 0.717) is 18.2 Å². The molecule has 0 atom stereocenters. The van der Waals surface area contributed by atoms with Gasteiger partial charge < -0.3 is 9.15 Å². The number of carbonyl (C=O) groups excluding carboxylic acids is 1. The Morgan fingerprint density at radius 1 is 1.62 bits per heavy atom. The molecule has 2 rings (SSSR count). The Hall–Kier alpha value is -1.62. The zero-order chi connectivity index (χ0) is 11.4. The lowest BCUT2D eigenvalue weighted by Crippen LogP contribution is -2.07. The van der Waals surface area contributed by atoms with E-state index < -0.39 is 0 Å². The number of thiophene rings is 1. The van der Waals surface area contributed by atoms with Crippen molar-refractivity contribution >= 4 is 17.3 Å². The number of carbonyl (C=O) groups is 1. The van der Waals surface area contributed by atoms with E-state index in [4.69, 9.17) is 9.15 Å². The second kappa shape index (κ2) is 4.94. The lowest BCUT2D eigenvalue weighted by Gasteiger charge is -1.97. The molecule has 16 heavy (non-hydrogen) atoms. The van der Waals surface area contributed by atoms with Crippen LogP contribution in [0.3, 0.4) is 0 Å². The fourth-order valence-electron chi connectivity index (χ4n) is 1.26. The molecule has 84 valence electrons. The summed E-state index contributed by atoms with van der Waals surface area (Å²) in [6.07, 6.45) is 1.65. The molecule has 0 aliphatic heterocycles. The highest BCUT2D eigenvalue weighted by Gasteiger charge is 2.11. The highest BCUT2D eigenvalue weighted by molar-refractivity contribution is 7.13. The van der Waals surface area contributed by atoms with E-state index in [9.17, 15) is 4.79 Å². The molecule has 2 aromatic rings. The Morgan fingerprint density at radius 3 is 3.19 bits per heavy atom. The molecule has 2 aromatic heterocycles. The second-order valence-electron chi connectivity index (χ2n) is 3.10. The SMILES string of the molecule is CCOC(=O)Cc1coc(-c2cccs2)n1. The molecule has 0 amide bonds. The minimum atomic E-state index is -0.284. The maximum atomic E-state index is 11.2. The first-order valence-corrected chi connectivity index (χ1v) is 5.81. The van der Waals surface area contributed by atoms with Gasteiger partial charge in [0.2, 0.25) is 5.89 Å². The van der Waals surface area contributed by atoms with Crippen LogP contribution in [-0.2, 0) is 16.0 Å². The summed E-state index contributed by atoms with van der Waals surface area (Å²) in [4.78, 5) is 16.4. The summed E-state index contributed by atoms with van der Waals surface area (Å²) < 4.78 is 10.1. The Kier molecular flexibility index (Phi) is 3.36. The molecular formula is C11H11NO3S. The molecule has 0 bridgehead atoms. The normalized spacial score (nSPS) is 10.3. The molecule has 0 aromatic carbocycles. The number of nitrogens with zero attached hydrogens (tertiary/aromatic N) is 1. The smallest absolute Gasteiger partial charge is 0.311 e. The Labute approximate surface area is 96.9 Å². The van der Waals surface area contributed by atoms with Gasteiger partial charge in [-0.2, -0.15) is 0 Å². The third kappa shape index (κ3) is 2.49. The third-order valence-corrected chi connectivity index (χ3v) is 2.77. The lowest BCUT2D eigenvalue weighted by atomic mass is 10.3. The molecule has 4 nitrogen and oxygen atoms in total. The van der Waals surface area contributed by atoms with Gasteiger partial charge in [0, 0.05) is 0 Å². The number of ether oxygens (including phenoxy) is 1.